The molecule has 1 amide bonds. The van der Waals surface area contributed by atoms with Gasteiger partial charge < -0.3 is 26.2 Å². The van der Waals surface area contributed by atoms with Crippen LogP contribution in [-0.2, 0) is 4.79 Å². The van der Waals surface area contributed by atoms with Crippen molar-refractivity contribution in [3.8, 4) is 0 Å². The van der Waals surface area contributed by atoms with Gasteiger partial charge in [0, 0.05) is 42.3 Å². The predicted octanol–water partition coefficient (Wildman–Crippen LogP) is 5.23. The fourth-order valence-corrected chi connectivity index (χ4v) is 3.78. The first-order chi connectivity index (χ1) is 17.9. The van der Waals surface area contributed by atoms with Crippen LogP contribution < -0.4 is 21.3 Å². The summed E-state index contributed by atoms with van der Waals surface area (Å²) in [6, 6.07) is 15.2. The molecule has 196 valence electrons. The minimum absolute atomic E-state index is 0.0680. The minimum atomic E-state index is -0.558. The van der Waals surface area contributed by atoms with Crippen LogP contribution in [0.3, 0.4) is 0 Å². The highest BCUT2D eigenvalue weighted by Gasteiger charge is 2.09. The molecule has 0 aliphatic carbocycles. The lowest BCUT2D eigenvalue weighted by molar-refractivity contribution is -0.111. The molecule has 0 saturated heterocycles. The zero-order valence-electron chi connectivity index (χ0n) is 21.9. The van der Waals surface area contributed by atoms with Gasteiger partial charge in [0.15, 0.2) is 11.6 Å². The molecular weight excluding hydrogens is 469 g/mol. The SMILES string of the molecule is CCNC(CC)CN(C)C/C=C/C(=O)Nc1cccc(Nc2ncc(F)c(Nc3cccc(C)c3)n2)c1. The zero-order valence-corrected chi connectivity index (χ0v) is 21.9. The van der Waals surface area contributed by atoms with Gasteiger partial charge in [-0.15, -0.1) is 0 Å². The number of amides is 1. The van der Waals surface area contributed by atoms with Crippen LogP contribution in [0.5, 0.6) is 0 Å². The monoisotopic (exact) mass is 505 g/mol. The molecule has 0 aliphatic rings. The summed E-state index contributed by atoms with van der Waals surface area (Å²) < 4.78 is 14.3. The van der Waals surface area contributed by atoms with Gasteiger partial charge in [-0.3, -0.25) is 4.79 Å². The van der Waals surface area contributed by atoms with Gasteiger partial charge in [-0.1, -0.05) is 38.1 Å². The fourth-order valence-electron chi connectivity index (χ4n) is 3.78. The highest BCUT2D eigenvalue weighted by Crippen LogP contribution is 2.22. The maximum atomic E-state index is 14.3. The summed E-state index contributed by atoms with van der Waals surface area (Å²) in [6.07, 6.45) is 5.56. The Kier molecular flexibility index (Phi) is 10.5. The molecule has 8 nitrogen and oxygen atoms in total. The number of benzene rings is 2. The summed E-state index contributed by atoms with van der Waals surface area (Å²) in [7, 11) is 2.04. The highest BCUT2D eigenvalue weighted by atomic mass is 19.1. The van der Waals surface area contributed by atoms with Crippen molar-refractivity contribution in [2.45, 2.75) is 33.2 Å². The molecule has 0 spiro atoms. The number of nitrogens with zero attached hydrogens (tertiary/aromatic N) is 3. The molecule has 37 heavy (non-hydrogen) atoms. The standard InChI is InChI=1S/C28H36FN7O/c1-5-21(30-6-2)19-36(4)15-9-14-26(37)32-23-12-8-13-24(17-23)34-28-31-18-25(29)27(35-28)33-22-11-7-10-20(3)16-22/h7-14,16-18,21,30H,5-6,15,19H2,1-4H3,(H,32,37)(H2,31,33,34,35)/b14-9+. The van der Waals surface area contributed by atoms with Crippen LogP contribution in [0.2, 0.25) is 0 Å². The van der Waals surface area contributed by atoms with Gasteiger partial charge in [0.2, 0.25) is 11.9 Å². The summed E-state index contributed by atoms with van der Waals surface area (Å²) >= 11 is 0. The van der Waals surface area contributed by atoms with E-state index >= 15 is 0 Å². The molecule has 9 heteroatoms. The summed E-state index contributed by atoms with van der Waals surface area (Å²) in [5, 5.41) is 12.4. The van der Waals surface area contributed by atoms with E-state index in [0.29, 0.717) is 24.0 Å². The van der Waals surface area contributed by atoms with Crippen molar-refractivity contribution < 1.29 is 9.18 Å². The maximum absolute atomic E-state index is 14.3. The molecule has 4 N–H and O–H groups in total. The van der Waals surface area contributed by atoms with E-state index in [1.165, 1.54) is 6.08 Å². The molecule has 0 saturated carbocycles. The Bertz CT molecular complexity index is 1200. The molecule has 2 aromatic carbocycles. The summed E-state index contributed by atoms with van der Waals surface area (Å²) in [5.74, 6) is -0.478. The van der Waals surface area contributed by atoms with Gasteiger partial charge in [0.25, 0.3) is 0 Å². The number of aromatic nitrogens is 2. The molecule has 3 aromatic rings. The number of hydrogen-bond donors (Lipinski definition) is 4. The Morgan fingerprint density at radius 1 is 1.08 bits per heavy atom. The Balaban J connectivity index is 1.57. The van der Waals surface area contributed by atoms with Crippen LogP contribution in [0.4, 0.5) is 33.2 Å². The third-order valence-corrected chi connectivity index (χ3v) is 5.62. The van der Waals surface area contributed by atoms with Crippen LogP contribution in [0.1, 0.15) is 25.8 Å². The number of aryl methyl sites for hydroxylation is 1. The van der Waals surface area contributed by atoms with Crippen molar-refractivity contribution in [2.75, 3.05) is 42.6 Å². The molecule has 1 unspecified atom stereocenters. The second kappa shape index (κ2) is 14.1. The molecule has 1 heterocycles. The smallest absolute Gasteiger partial charge is 0.248 e. The van der Waals surface area contributed by atoms with E-state index in [1.807, 2.05) is 50.4 Å². The lowest BCUT2D eigenvalue weighted by Crippen LogP contribution is -2.39. The number of anilines is 5. The molecule has 0 bridgehead atoms. The fraction of sp³-hybridized carbons (Fsp3) is 0.321. The normalized spacial score (nSPS) is 12.1. The lowest BCUT2D eigenvalue weighted by atomic mass is 10.2. The number of nitrogens with one attached hydrogen (secondary N) is 4. The Morgan fingerprint density at radius 3 is 2.54 bits per heavy atom. The highest BCUT2D eigenvalue weighted by molar-refractivity contribution is 5.99. The molecular formula is C28H36FN7O. The maximum Gasteiger partial charge on any atom is 0.248 e. The second-order valence-corrected chi connectivity index (χ2v) is 8.87. The summed E-state index contributed by atoms with van der Waals surface area (Å²) in [6.45, 7) is 8.76. The number of rotatable bonds is 13. The molecule has 1 aromatic heterocycles. The van der Waals surface area contributed by atoms with E-state index < -0.39 is 5.82 Å². The van der Waals surface area contributed by atoms with Crippen molar-refractivity contribution >= 4 is 34.7 Å². The second-order valence-electron chi connectivity index (χ2n) is 8.87. The predicted molar refractivity (Wildman–Crippen MR) is 149 cm³/mol. The molecule has 0 radical (unpaired) electrons. The largest absolute Gasteiger partial charge is 0.338 e. The third-order valence-electron chi connectivity index (χ3n) is 5.62. The molecule has 0 fully saturated rings. The topological polar surface area (TPSA) is 94.2 Å². The first kappa shape index (κ1) is 27.8. The van der Waals surface area contributed by atoms with E-state index in [1.54, 1.807) is 18.2 Å². The van der Waals surface area contributed by atoms with E-state index in [2.05, 4.69) is 50.0 Å². The summed E-state index contributed by atoms with van der Waals surface area (Å²) in [4.78, 5) is 22.9. The third kappa shape index (κ3) is 9.29. The Labute approximate surface area is 218 Å². The van der Waals surface area contributed by atoms with Gasteiger partial charge in [-0.2, -0.15) is 4.98 Å². The van der Waals surface area contributed by atoms with Gasteiger partial charge in [0.1, 0.15) is 0 Å². The number of carbonyl (C=O) groups excluding carboxylic acids is 1. The van der Waals surface area contributed by atoms with E-state index in [4.69, 9.17) is 0 Å². The summed E-state index contributed by atoms with van der Waals surface area (Å²) in [5.41, 5.74) is 3.05. The van der Waals surface area contributed by atoms with Gasteiger partial charge in [0.05, 0.1) is 6.20 Å². The van der Waals surface area contributed by atoms with Crippen LogP contribution in [0, 0.1) is 12.7 Å². The number of hydrogen-bond acceptors (Lipinski definition) is 7. The molecule has 0 aliphatic heterocycles. The van der Waals surface area contributed by atoms with Crippen LogP contribution >= 0.6 is 0 Å². The first-order valence-electron chi connectivity index (χ1n) is 12.5. The van der Waals surface area contributed by atoms with Crippen LogP contribution in [-0.4, -0.2) is 53.5 Å². The molecule has 3 rings (SSSR count). The minimum Gasteiger partial charge on any atom is -0.338 e. The number of carbonyl (C=O) groups is 1. The number of halogens is 1. The van der Waals surface area contributed by atoms with Crippen molar-refractivity contribution in [1.82, 2.24) is 20.2 Å². The van der Waals surface area contributed by atoms with Crippen molar-refractivity contribution in [3.05, 3.63) is 78.3 Å². The quantitative estimate of drug-likeness (QED) is 0.237. The Morgan fingerprint density at radius 2 is 1.81 bits per heavy atom. The first-order valence-corrected chi connectivity index (χ1v) is 12.5. The van der Waals surface area contributed by atoms with Gasteiger partial charge in [-0.05, 0) is 62.8 Å². The molecule has 1 atom stereocenters. The van der Waals surface area contributed by atoms with E-state index in [9.17, 15) is 9.18 Å². The average molecular weight is 506 g/mol. The average Bonchev–Trinajstić information content (AvgIpc) is 2.86. The number of likely N-dealkylation sites (N-methyl/N-ethyl adjacent to an activating group) is 2. The van der Waals surface area contributed by atoms with Crippen LogP contribution in [0.25, 0.3) is 0 Å². The van der Waals surface area contributed by atoms with E-state index in [0.717, 1.165) is 37.0 Å². The van der Waals surface area contributed by atoms with Crippen molar-refractivity contribution in [2.24, 2.45) is 0 Å². The van der Waals surface area contributed by atoms with Crippen LogP contribution in [0.15, 0.2) is 66.9 Å². The van der Waals surface area contributed by atoms with Crippen molar-refractivity contribution in [1.29, 1.82) is 0 Å². The van der Waals surface area contributed by atoms with E-state index in [-0.39, 0.29) is 17.7 Å². The van der Waals surface area contributed by atoms with Gasteiger partial charge >= 0.3 is 0 Å². The Hall–Kier alpha value is -3.82. The zero-order chi connectivity index (χ0) is 26.6. The van der Waals surface area contributed by atoms with Crippen molar-refractivity contribution in [3.63, 3.8) is 0 Å². The van der Waals surface area contributed by atoms with Gasteiger partial charge in [-0.25, -0.2) is 9.37 Å². The lowest BCUT2D eigenvalue weighted by Gasteiger charge is -2.22.